The highest BCUT2D eigenvalue weighted by molar-refractivity contribution is 9.13. The van der Waals surface area contributed by atoms with Crippen LogP contribution in [0.4, 0.5) is 0 Å². The number of aryl methyl sites for hydroxylation is 1. The molecule has 0 saturated carbocycles. The molecule has 1 atom stereocenters. The number of halogens is 2. The molecule has 0 aromatic carbocycles. The van der Waals surface area contributed by atoms with Crippen molar-refractivity contribution in [2.24, 2.45) is 5.73 Å². The predicted octanol–water partition coefficient (Wildman–Crippen LogP) is 4.26. The lowest BCUT2D eigenvalue weighted by Crippen LogP contribution is -2.16. The van der Waals surface area contributed by atoms with Crippen LogP contribution in [-0.2, 0) is 6.42 Å². The normalized spacial score (nSPS) is 19.4. The standard InChI is InChI=1S/C11H10Br2N2OS/c12-5-4-7(16-10(5)13)11-15-9-6(14)2-1-3-8(9)17-11/h4,6H,1-3,14H2. The van der Waals surface area contributed by atoms with Gasteiger partial charge in [-0.15, -0.1) is 11.3 Å². The van der Waals surface area contributed by atoms with Crippen LogP contribution < -0.4 is 5.73 Å². The van der Waals surface area contributed by atoms with Crippen LogP contribution in [0.2, 0.25) is 0 Å². The van der Waals surface area contributed by atoms with Crippen molar-refractivity contribution in [2.45, 2.75) is 25.3 Å². The van der Waals surface area contributed by atoms with Crippen LogP contribution in [0, 0.1) is 0 Å². The molecule has 2 aromatic heterocycles. The summed E-state index contributed by atoms with van der Waals surface area (Å²) in [4.78, 5) is 5.92. The summed E-state index contributed by atoms with van der Waals surface area (Å²) in [7, 11) is 0. The summed E-state index contributed by atoms with van der Waals surface area (Å²) in [6, 6.07) is 2.02. The third kappa shape index (κ3) is 2.12. The molecule has 0 fully saturated rings. The van der Waals surface area contributed by atoms with Gasteiger partial charge in [0.05, 0.1) is 10.2 Å². The van der Waals surface area contributed by atoms with Gasteiger partial charge in [0.2, 0.25) is 0 Å². The van der Waals surface area contributed by atoms with Crippen molar-refractivity contribution in [2.75, 3.05) is 0 Å². The van der Waals surface area contributed by atoms with Gasteiger partial charge in [-0.1, -0.05) is 0 Å². The van der Waals surface area contributed by atoms with Crippen LogP contribution in [0.15, 0.2) is 19.6 Å². The van der Waals surface area contributed by atoms with Crippen molar-refractivity contribution in [3.05, 3.63) is 25.8 Å². The highest BCUT2D eigenvalue weighted by Gasteiger charge is 2.23. The Hall–Kier alpha value is -0.170. The van der Waals surface area contributed by atoms with Crippen molar-refractivity contribution in [3.63, 3.8) is 0 Å². The fraction of sp³-hybridized carbons (Fsp3) is 0.364. The minimum absolute atomic E-state index is 0.0885. The average Bonchev–Trinajstić information content (AvgIpc) is 2.85. The third-order valence-corrected chi connectivity index (χ3v) is 5.71. The van der Waals surface area contributed by atoms with Gasteiger partial charge in [0.15, 0.2) is 15.4 Å². The molecule has 6 heteroatoms. The first-order valence-corrected chi connectivity index (χ1v) is 7.76. The number of aromatic nitrogens is 1. The largest absolute Gasteiger partial charge is 0.446 e. The summed E-state index contributed by atoms with van der Waals surface area (Å²) in [5, 5.41) is 0.916. The Labute approximate surface area is 120 Å². The lowest BCUT2D eigenvalue weighted by molar-refractivity contribution is 0.549. The molecular formula is C11H10Br2N2OS. The number of fused-ring (bicyclic) bond motifs is 1. The van der Waals surface area contributed by atoms with Crippen LogP contribution in [-0.4, -0.2) is 4.98 Å². The molecule has 0 amide bonds. The lowest BCUT2D eigenvalue weighted by Gasteiger charge is -2.15. The van der Waals surface area contributed by atoms with Gasteiger partial charge < -0.3 is 10.2 Å². The first-order valence-electron chi connectivity index (χ1n) is 5.35. The van der Waals surface area contributed by atoms with Gasteiger partial charge in [0, 0.05) is 17.0 Å². The number of nitrogens with zero attached hydrogens (tertiary/aromatic N) is 1. The monoisotopic (exact) mass is 376 g/mol. The molecule has 0 radical (unpaired) electrons. The molecule has 0 bridgehead atoms. The Morgan fingerprint density at radius 2 is 2.29 bits per heavy atom. The average molecular weight is 378 g/mol. The van der Waals surface area contributed by atoms with Gasteiger partial charge in [-0.25, -0.2) is 4.98 Å². The zero-order valence-corrected chi connectivity index (χ0v) is 12.9. The van der Waals surface area contributed by atoms with Crippen molar-refractivity contribution in [3.8, 4) is 10.8 Å². The van der Waals surface area contributed by atoms with Gasteiger partial charge in [0.25, 0.3) is 0 Å². The number of nitrogens with two attached hydrogens (primary N) is 1. The maximum atomic E-state index is 6.07. The molecule has 3 nitrogen and oxygen atoms in total. The number of thiazole rings is 1. The van der Waals surface area contributed by atoms with Crippen molar-refractivity contribution in [1.82, 2.24) is 4.98 Å². The Morgan fingerprint density at radius 3 is 2.94 bits per heavy atom. The first-order chi connectivity index (χ1) is 8.15. The molecule has 17 heavy (non-hydrogen) atoms. The van der Waals surface area contributed by atoms with Gasteiger partial charge in [0.1, 0.15) is 0 Å². The maximum absolute atomic E-state index is 6.07. The Bertz CT molecular complexity index is 544. The van der Waals surface area contributed by atoms with Crippen molar-refractivity contribution < 1.29 is 4.42 Å². The van der Waals surface area contributed by atoms with E-state index in [0.717, 1.165) is 40.2 Å². The van der Waals surface area contributed by atoms with Crippen LogP contribution >= 0.6 is 43.2 Å². The van der Waals surface area contributed by atoms with E-state index in [0.29, 0.717) is 4.67 Å². The number of hydrogen-bond acceptors (Lipinski definition) is 4. The molecule has 0 spiro atoms. The quantitative estimate of drug-likeness (QED) is 0.807. The molecule has 2 aromatic rings. The van der Waals surface area contributed by atoms with Gasteiger partial charge in [-0.3, -0.25) is 0 Å². The molecule has 1 aliphatic carbocycles. The molecule has 90 valence electrons. The third-order valence-electron chi connectivity index (χ3n) is 2.85. The Kier molecular flexibility index (Phi) is 3.15. The number of rotatable bonds is 1. The van der Waals surface area contributed by atoms with Crippen LogP contribution in [0.5, 0.6) is 0 Å². The van der Waals surface area contributed by atoms with E-state index in [9.17, 15) is 0 Å². The molecule has 2 heterocycles. The van der Waals surface area contributed by atoms with Crippen LogP contribution in [0.3, 0.4) is 0 Å². The predicted molar refractivity (Wildman–Crippen MR) is 75.1 cm³/mol. The second-order valence-electron chi connectivity index (χ2n) is 4.06. The highest BCUT2D eigenvalue weighted by Crippen LogP contribution is 2.39. The number of hydrogen-bond donors (Lipinski definition) is 1. The first kappa shape index (κ1) is 11.9. The summed E-state index contributed by atoms with van der Waals surface area (Å²) in [6.07, 6.45) is 3.27. The molecular weight excluding hydrogens is 368 g/mol. The summed E-state index contributed by atoms with van der Waals surface area (Å²) in [5.74, 6) is 0.787. The molecule has 1 unspecified atom stereocenters. The van der Waals surface area contributed by atoms with Gasteiger partial charge in [-0.05, 0) is 51.1 Å². The SMILES string of the molecule is NC1CCCc2sc(-c3cc(Br)c(Br)o3)nc21. The van der Waals surface area contributed by atoms with E-state index in [2.05, 4.69) is 36.8 Å². The molecule has 2 N–H and O–H groups in total. The molecule has 0 saturated heterocycles. The topological polar surface area (TPSA) is 52.0 Å². The maximum Gasteiger partial charge on any atom is 0.184 e. The lowest BCUT2D eigenvalue weighted by atomic mass is 9.99. The zero-order chi connectivity index (χ0) is 12.0. The van der Waals surface area contributed by atoms with E-state index in [1.54, 1.807) is 11.3 Å². The Morgan fingerprint density at radius 1 is 1.47 bits per heavy atom. The van der Waals surface area contributed by atoms with E-state index in [1.807, 2.05) is 6.07 Å². The smallest absolute Gasteiger partial charge is 0.184 e. The van der Waals surface area contributed by atoms with Gasteiger partial charge >= 0.3 is 0 Å². The minimum Gasteiger partial charge on any atom is -0.446 e. The summed E-state index contributed by atoms with van der Waals surface area (Å²) in [5.41, 5.74) is 7.12. The van der Waals surface area contributed by atoms with Crippen LogP contribution in [0.1, 0.15) is 29.5 Å². The Balaban J connectivity index is 2.04. The van der Waals surface area contributed by atoms with E-state index in [-0.39, 0.29) is 6.04 Å². The van der Waals surface area contributed by atoms with Gasteiger partial charge in [-0.2, -0.15) is 0 Å². The fourth-order valence-corrected chi connectivity index (χ4v) is 3.71. The fourth-order valence-electron chi connectivity index (χ4n) is 2.01. The van der Waals surface area contributed by atoms with Crippen molar-refractivity contribution in [1.29, 1.82) is 0 Å². The second kappa shape index (κ2) is 4.50. The second-order valence-corrected chi connectivity index (χ2v) is 6.72. The molecule has 0 aliphatic heterocycles. The molecule has 1 aliphatic rings. The minimum atomic E-state index is 0.0885. The summed E-state index contributed by atoms with van der Waals surface area (Å²) in [6.45, 7) is 0. The summed E-state index contributed by atoms with van der Waals surface area (Å²) >= 11 is 8.43. The van der Waals surface area contributed by atoms with E-state index in [1.165, 1.54) is 4.88 Å². The van der Waals surface area contributed by atoms with Crippen molar-refractivity contribution >= 4 is 43.2 Å². The van der Waals surface area contributed by atoms with E-state index < -0.39 is 0 Å². The zero-order valence-electron chi connectivity index (χ0n) is 8.87. The van der Waals surface area contributed by atoms with E-state index >= 15 is 0 Å². The molecule has 3 rings (SSSR count). The van der Waals surface area contributed by atoms with Crippen LogP contribution in [0.25, 0.3) is 10.8 Å². The number of furan rings is 1. The summed E-state index contributed by atoms with van der Waals surface area (Å²) < 4.78 is 7.20. The highest BCUT2D eigenvalue weighted by atomic mass is 79.9. The van der Waals surface area contributed by atoms with E-state index in [4.69, 9.17) is 10.2 Å².